The Hall–Kier alpha value is -1.96. The Labute approximate surface area is 132 Å². The molecule has 1 aromatic rings. The Morgan fingerprint density at radius 1 is 1.30 bits per heavy atom. The number of rotatable bonds is 3. The molecular formula is C16H16N2O5. The van der Waals surface area contributed by atoms with Crippen molar-refractivity contribution in [2.45, 2.75) is 42.9 Å². The number of carbonyl (C=O) groups is 2. The van der Waals surface area contributed by atoms with Gasteiger partial charge in [0, 0.05) is 6.42 Å². The summed E-state index contributed by atoms with van der Waals surface area (Å²) >= 11 is 0. The molecule has 1 aromatic carbocycles. The van der Waals surface area contributed by atoms with Crippen LogP contribution >= 0.6 is 0 Å². The number of nitrogens with two attached hydrogens (primary N) is 1. The van der Waals surface area contributed by atoms with Crippen molar-refractivity contribution in [3.05, 3.63) is 35.9 Å². The van der Waals surface area contributed by atoms with Crippen LogP contribution in [0.2, 0.25) is 0 Å². The molecule has 0 bridgehead atoms. The van der Waals surface area contributed by atoms with E-state index in [9.17, 15) is 9.59 Å². The number of epoxide rings is 1. The van der Waals surface area contributed by atoms with Crippen LogP contribution in [-0.2, 0) is 30.4 Å². The third kappa shape index (κ3) is 1.64. The van der Waals surface area contributed by atoms with E-state index in [1.54, 1.807) is 5.06 Å². The molecule has 3 saturated heterocycles. The quantitative estimate of drug-likeness (QED) is 0.610. The smallest absolute Gasteiger partial charge is 0.326 e. The van der Waals surface area contributed by atoms with E-state index in [-0.39, 0.29) is 24.3 Å². The van der Waals surface area contributed by atoms with Gasteiger partial charge < -0.3 is 15.2 Å². The fourth-order valence-corrected chi connectivity index (χ4v) is 4.37. The minimum absolute atomic E-state index is 0.119. The first-order valence-electron chi connectivity index (χ1n) is 7.77. The maximum Gasteiger partial charge on any atom is 0.326 e. The number of hydrogen-bond acceptors (Lipinski definition) is 6. The van der Waals surface area contributed by atoms with Gasteiger partial charge >= 0.3 is 5.97 Å². The predicted molar refractivity (Wildman–Crippen MR) is 75.4 cm³/mol. The number of primary amides is 1. The number of esters is 1. The molecule has 7 heteroatoms. The second-order valence-corrected chi connectivity index (χ2v) is 6.59. The molecule has 3 aliphatic heterocycles. The van der Waals surface area contributed by atoms with Crippen molar-refractivity contribution in [1.29, 1.82) is 0 Å². The van der Waals surface area contributed by atoms with E-state index in [0.717, 1.165) is 5.56 Å². The minimum Gasteiger partial charge on any atom is -0.461 e. The normalized spacial score (nSPS) is 43.7. The van der Waals surface area contributed by atoms with Crippen molar-refractivity contribution in [2.24, 2.45) is 11.7 Å². The molecule has 0 radical (unpaired) electrons. The number of benzene rings is 1. The second-order valence-electron chi connectivity index (χ2n) is 6.59. The fourth-order valence-electron chi connectivity index (χ4n) is 4.37. The van der Waals surface area contributed by atoms with E-state index in [1.165, 1.54) is 0 Å². The summed E-state index contributed by atoms with van der Waals surface area (Å²) in [7, 11) is 0. The van der Waals surface area contributed by atoms with Crippen LogP contribution in [-0.4, -0.2) is 46.9 Å². The molecule has 120 valence electrons. The van der Waals surface area contributed by atoms with Crippen LogP contribution in [0.15, 0.2) is 30.3 Å². The topological polar surface area (TPSA) is 94.4 Å². The zero-order chi connectivity index (χ0) is 15.8. The number of amides is 1. The summed E-state index contributed by atoms with van der Waals surface area (Å²) in [6.45, 7) is 0.385. The Morgan fingerprint density at radius 2 is 2.09 bits per heavy atom. The zero-order valence-corrected chi connectivity index (χ0v) is 12.3. The number of fused-ring (bicyclic) bond motifs is 2. The van der Waals surface area contributed by atoms with Gasteiger partial charge in [-0.1, -0.05) is 30.3 Å². The number of nitrogens with zero attached hydrogens (tertiary/aromatic N) is 1. The van der Waals surface area contributed by atoms with Crippen molar-refractivity contribution in [3.63, 3.8) is 0 Å². The Morgan fingerprint density at radius 3 is 2.83 bits per heavy atom. The summed E-state index contributed by atoms with van der Waals surface area (Å²) in [6.07, 6.45) is -0.259. The molecule has 4 fully saturated rings. The van der Waals surface area contributed by atoms with Gasteiger partial charge in [0.25, 0.3) is 5.91 Å². The summed E-state index contributed by atoms with van der Waals surface area (Å²) in [6, 6.07) is 9.02. The van der Waals surface area contributed by atoms with E-state index >= 15 is 0 Å². The molecule has 0 unspecified atom stereocenters. The highest BCUT2D eigenvalue weighted by Crippen LogP contribution is 2.57. The number of carbonyl (C=O) groups excluding carboxylic acids is 2. The van der Waals surface area contributed by atoms with Crippen LogP contribution < -0.4 is 5.73 Å². The van der Waals surface area contributed by atoms with Crippen LogP contribution in [0.1, 0.15) is 12.0 Å². The number of ether oxygens (including phenoxy) is 2. The van der Waals surface area contributed by atoms with E-state index in [4.69, 9.17) is 20.0 Å². The van der Waals surface area contributed by atoms with Crippen molar-refractivity contribution >= 4 is 11.9 Å². The van der Waals surface area contributed by atoms with Crippen molar-refractivity contribution in [3.8, 4) is 0 Å². The molecule has 2 N–H and O–H groups in total. The van der Waals surface area contributed by atoms with E-state index in [1.807, 2.05) is 30.3 Å². The summed E-state index contributed by atoms with van der Waals surface area (Å²) in [5.41, 5.74) is 5.37. The SMILES string of the molecule is NC(=O)[C@]12ON(Cc3ccccc3)[C@@H]3C(=O)O[C@H](C[C@H]4O[C@H]41)[C@@H]32. The molecule has 23 heavy (non-hydrogen) atoms. The molecular weight excluding hydrogens is 300 g/mol. The summed E-state index contributed by atoms with van der Waals surface area (Å²) in [4.78, 5) is 30.6. The highest BCUT2D eigenvalue weighted by Gasteiger charge is 2.78. The summed E-state index contributed by atoms with van der Waals surface area (Å²) < 4.78 is 11.1. The van der Waals surface area contributed by atoms with Gasteiger partial charge in [-0.05, 0) is 5.56 Å². The first-order chi connectivity index (χ1) is 11.1. The lowest BCUT2D eigenvalue weighted by molar-refractivity contribution is -0.229. The summed E-state index contributed by atoms with van der Waals surface area (Å²) in [5, 5.41) is 1.55. The Bertz CT molecular complexity index is 695. The fraction of sp³-hybridized carbons (Fsp3) is 0.500. The van der Waals surface area contributed by atoms with Crippen molar-refractivity contribution in [2.75, 3.05) is 0 Å². The van der Waals surface area contributed by atoms with E-state index in [2.05, 4.69) is 0 Å². The van der Waals surface area contributed by atoms with Gasteiger partial charge in [0.05, 0.1) is 18.6 Å². The average Bonchev–Trinajstić information content (AvgIpc) is 3.11. The Kier molecular flexibility index (Phi) is 2.53. The molecule has 7 nitrogen and oxygen atoms in total. The molecule has 5 rings (SSSR count). The van der Waals surface area contributed by atoms with Gasteiger partial charge in [0.1, 0.15) is 18.2 Å². The van der Waals surface area contributed by atoms with Crippen LogP contribution in [0.3, 0.4) is 0 Å². The van der Waals surface area contributed by atoms with Gasteiger partial charge in [-0.25, -0.2) is 0 Å². The maximum atomic E-state index is 12.3. The van der Waals surface area contributed by atoms with Gasteiger partial charge in [-0.15, -0.1) is 0 Å². The molecule has 4 aliphatic rings. The van der Waals surface area contributed by atoms with Crippen LogP contribution in [0.4, 0.5) is 0 Å². The maximum absolute atomic E-state index is 12.3. The molecule has 0 aromatic heterocycles. The van der Waals surface area contributed by atoms with E-state index < -0.39 is 23.5 Å². The third-order valence-electron chi connectivity index (χ3n) is 5.36. The monoisotopic (exact) mass is 316 g/mol. The molecule has 6 atom stereocenters. The highest BCUT2D eigenvalue weighted by atomic mass is 16.7. The lowest BCUT2D eigenvalue weighted by Gasteiger charge is -2.33. The number of hydroxylamine groups is 2. The lowest BCUT2D eigenvalue weighted by atomic mass is 9.71. The first-order valence-corrected chi connectivity index (χ1v) is 7.77. The third-order valence-corrected chi connectivity index (χ3v) is 5.36. The standard InChI is InChI=1S/C16H16N2O5/c17-15(20)16-11-9(6-10-13(16)21-10)22-14(19)12(11)18(23-16)7-8-4-2-1-3-5-8/h1-5,9-13H,6-7H2,(H2,17,20)/t9-,10-,11+,12+,13-,16-/m1/s1. The summed E-state index contributed by atoms with van der Waals surface area (Å²) in [5.74, 6) is -1.33. The first kappa shape index (κ1) is 13.5. The van der Waals surface area contributed by atoms with Gasteiger partial charge in [0.2, 0.25) is 5.60 Å². The zero-order valence-electron chi connectivity index (χ0n) is 12.3. The van der Waals surface area contributed by atoms with Crippen LogP contribution in [0.25, 0.3) is 0 Å². The second kappa shape index (κ2) is 4.31. The number of hydrogen-bond donors (Lipinski definition) is 1. The van der Waals surface area contributed by atoms with Gasteiger partial charge in [-0.2, -0.15) is 5.06 Å². The largest absolute Gasteiger partial charge is 0.461 e. The van der Waals surface area contributed by atoms with E-state index in [0.29, 0.717) is 13.0 Å². The molecule has 1 aliphatic carbocycles. The molecule has 3 heterocycles. The van der Waals surface area contributed by atoms with Crippen LogP contribution in [0.5, 0.6) is 0 Å². The van der Waals surface area contributed by atoms with Gasteiger partial charge in [0.15, 0.2) is 0 Å². The molecule has 1 amide bonds. The average molecular weight is 316 g/mol. The molecule has 0 spiro atoms. The Balaban J connectivity index is 1.55. The highest BCUT2D eigenvalue weighted by molar-refractivity contribution is 5.90. The molecule has 1 saturated carbocycles. The lowest BCUT2D eigenvalue weighted by Crippen LogP contribution is -2.59. The minimum atomic E-state index is -1.29. The van der Waals surface area contributed by atoms with Gasteiger partial charge in [-0.3, -0.25) is 14.4 Å². The predicted octanol–water partition coefficient (Wildman–Crippen LogP) is -0.261. The van der Waals surface area contributed by atoms with Crippen LogP contribution in [0, 0.1) is 5.92 Å². The van der Waals surface area contributed by atoms with Crippen molar-refractivity contribution < 1.29 is 23.9 Å². The van der Waals surface area contributed by atoms with Crippen molar-refractivity contribution in [1.82, 2.24) is 5.06 Å².